The Morgan fingerprint density at radius 1 is 1.12 bits per heavy atom. The molecule has 2 aromatic carbocycles. The average molecular weight is 347 g/mol. The van der Waals surface area contributed by atoms with Gasteiger partial charge in [0, 0.05) is 6.54 Å². The fraction of sp³-hybridized carbons (Fsp3) is 0.316. The van der Waals surface area contributed by atoms with Gasteiger partial charge in [-0.3, -0.25) is 4.79 Å². The Labute approximate surface area is 148 Å². The van der Waals surface area contributed by atoms with E-state index in [0.717, 1.165) is 11.1 Å². The van der Waals surface area contributed by atoms with E-state index in [2.05, 4.69) is 34.9 Å². The second kappa shape index (κ2) is 8.29. The van der Waals surface area contributed by atoms with E-state index in [1.165, 1.54) is 5.56 Å². The first-order valence-corrected chi connectivity index (χ1v) is 8.00. The van der Waals surface area contributed by atoms with Crippen LogP contribution in [0.5, 0.6) is 0 Å². The number of aliphatic hydroxyl groups is 1. The first kappa shape index (κ1) is 18.5. The summed E-state index contributed by atoms with van der Waals surface area (Å²) < 4.78 is 0. The number of halogens is 1. The summed E-state index contributed by atoms with van der Waals surface area (Å²) in [6.07, 6.45) is 0.0529. The highest BCUT2D eigenvalue weighted by molar-refractivity contribution is 5.85. The lowest BCUT2D eigenvalue weighted by molar-refractivity contribution is -0.123. The average Bonchev–Trinajstić information content (AvgIpc) is 3.02. The van der Waals surface area contributed by atoms with Gasteiger partial charge in [-0.1, -0.05) is 54.6 Å². The highest BCUT2D eigenvalue weighted by Gasteiger charge is 2.28. The number of hydrogen-bond acceptors (Lipinski definition) is 3. The molecule has 3 atom stereocenters. The summed E-state index contributed by atoms with van der Waals surface area (Å²) in [5.41, 5.74) is 3.41. The second-order valence-corrected chi connectivity index (χ2v) is 6.07. The van der Waals surface area contributed by atoms with Crippen LogP contribution in [0.4, 0.5) is 0 Å². The van der Waals surface area contributed by atoms with Gasteiger partial charge in [0.15, 0.2) is 0 Å². The molecule has 0 saturated carbocycles. The van der Waals surface area contributed by atoms with Crippen molar-refractivity contribution in [3.63, 3.8) is 0 Å². The largest absolute Gasteiger partial charge is 0.392 e. The minimum atomic E-state index is -0.425. The monoisotopic (exact) mass is 346 g/mol. The van der Waals surface area contributed by atoms with Crippen molar-refractivity contribution in [1.82, 2.24) is 10.6 Å². The first-order chi connectivity index (χ1) is 11.1. The van der Waals surface area contributed by atoms with Gasteiger partial charge in [0.2, 0.25) is 5.91 Å². The number of rotatable bonds is 4. The summed E-state index contributed by atoms with van der Waals surface area (Å²) in [7, 11) is 0. The van der Waals surface area contributed by atoms with Crippen molar-refractivity contribution in [1.29, 1.82) is 0 Å². The maximum Gasteiger partial charge on any atom is 0.237 e. The summed E-state index contributed by atoms with van der Waals surface area (Å²) >= 11 is 0. The molecule has 0 aromatic heterocycles. The molecule has 0 spiro atoms. The van der Waals surface area contributed by atoms with E-state index >= 15 is 0 Å². The molecule has 24 heavy (non-hydrogen) atoms. The van der Waals surface area contributed by atoms with Gasteiger partial charge in [-0.2, -0.15) is 0 Å². The van der Waals surface area contributed by atoms with Crippen LogP contribution >= 0.6 is 12.4 Å². The number of nitrogens with one attached hydrogen (secondary N) is 2. The number of carbonyl (C=O) groups excluding carboxylic acids is 1. The Morgan fingerprint density at radius 2 is 1.75 bits per heavy atom. The number of aliphatic hydroxyl groups excluding tert-OH is 1. The van der Waals surface area contributed by atoms with Gasteiger partial charge in [-0.15, -0.1) is 12.4 Å². The first-order valence-electron chi connectivity index (χ1n) is 8.00. The molecule has 1 fully saturated rings. The quantitative estimate of drug-likeness (QED) is 0.797. The third-order valence-corrected chi connectivity index (χ3v) is 4.30. The number of benzene rings is 2. The molecule has 1 saturated heterocycles. The zero-order valence-electron chi connectivity index (χ0n) is 13.6. The van der Waals surface area contributed by atoms with Crippen molar-refractivity contribution < 1.29 is 9.90 Å². The van der Waals surface area contributed by atoms with E-state index in [1.54, 1.807) is 0 Å². The Morgan fingerprint density at radius 3 is 2.33 bits per heavy atom. The van der Waals surface area contributed by atoms with Gasteiger partial charge in [0.1, 0.15) is 0 Å². The van der Waals surface area contributed by atoms with Crippen molar-refractivity contribution in [3.8, 4) is 11.1 Å². The predicted molar refractivity (Wildman–Crippen MR) is 98.1 cm³/mol. The van der Waals surface area contributed by atoms with E-state index in [9.17, 15) is 9.90 Å². The molecule has 1 aliphatic rings. The van der Waals surface area contributed by atoms with Gasteiger partial charge < -0.3 is 15.7 Å². The van der Waals surface area contributed by atoms with E-state index in [-0.39, 0.29) is 30.4 Å². The third kappa shape index (κ3) is 4.35. The molecular weight excluding hydrogens is 324 g/mol. The summed E-state index contributed by atoms with van der Waals surface area (Å²) in [5.74, 6) is -0.0545. The molecule has 0 aliphatic carbocycles. The standard InChI is InChI=1S/C19H22N2O2.ClH/c1-13(21-19(23)18-11-17(22)12-20-18)14-7-9-16(10-8-14)15-5-3-2-4-6-15;/h2-10,13,17-18,20,22H,11-12H2,1H3,(H,21,23);1H. The van der Waals surface area contributed by atoms with Crippen molar-refractivity contribution in [2.24, 2.45) is 0 Å². The van der Waals surface area contributed by atoms with E-state index < -0.39 is 6.10 Å². The molecular formula is C19H23ClN2O2. The molecule has 3 N–H and O–H groups in total. The van der Waals surface area contributed by atoms with Crippen LogP contribution in [0.15, 0.2) is 54.6 Å². The molecule has 1 aliphatic heterocycles. The van der Waals surface area contributed by atoms with Crippen LogP contribution in [0.1, 0.15) is 24.9 Å². The molecule has 3 unspecified atom stereocenters. The molecule has 0 bridgehead atoms. The summed E-state index contributed by atoms with van der Waals surface area (Å²) in [4.78, 5) is 12.2. The van der Waals surface area contributed by atoms with Crippen LogP contribution in [0.25, 0.3) is 11.1 Å². The lowest BCUT2D eigenvalue weighted by atomic mass is 10.0. The van der Waals surface area contributed by atoms with Crippen LogP contribution < -0.4 is 10.6 Å². The van der Waals surface area contributed by atoms with Crippen LogP contribution in [0.3, 0.4) is 0 Å². The van der Waals surface area contributed by atoms with Crippen molar-refractivity contribution in [2.45, 2.75) is 31.5 Å². The minimum absolute atomic E-state index is 0. The SMILES string of the molecule is CC(NC(=O)C1CC(O)CN1)c1ccc(-c2ccccc2)cc1.Cl. The lowest BCUT2D eigenvalue weighted by Gasteiger charge is -2.18. The highest BCUT2D eigenvalue weighted by Crippen LogP contribution is 2.22. The number of β-amino-alcohol motifs (C(OH)–C–C–N with tert-alkyl or cyclic N) is 1. The smallest absolute Gasteiger partial charge is 0.237 e. The van der Waals surface area contributed by atoms with Crippen LogP contribution in [-0.2, 0) is 4.79 Å². The Kier molecular flexibility index (Phi) is 6.37. The van der Waals surface area contributed by atoms with Crippen LogP contribution in [0, 0.1) is 0 Å². The van der Waals surface area contributed by atoms with Gasteiger partial charge in [-0.25, -0.2) is 0 Å². The Hall–Kier alpha value is -1.88. The van der Waals surface area contributed by atoms with E-state index in [4.69, 9.17) is 0 Å². The fourth-order valence-electron chi connectivity index (χ4n) is 2.91. The van der Waals surface area contributed by atoms with Crippen molar-refractivity contribution in [2.75, 3.05) is 6.54 Å². The van der Waals surface area contributed by atoms with Crippen LogP contribution in [0.2, 0.25) is 0 Å². The molecule has 0 radical (unpaired) electrons. The predicted octanol–water partition coefficient (Wildman–Crippen LogP) is 2.68. The molecule has 5 heteroatoms. The molecule has 2 aromatic rings. The third-order valence-electron chi connectivity index (χ3n) is 4.30. The second-order valence-electron chi connectivity index (χ2n) is 6.07. The Balaban J connectivity index is 0.00000208. The van der Waals surface area contributed by atoms with Crippen molar-refractivity contribution in [3.05, 3.63) is 60.2 Å². The number of hydrogen-bond donors (Lipinski definition) is 3. The van der Waals surface area contributed by atoms with Gasteiger partial charge in [0.05, 0.1) is 18.2 Å². The van der Waals surface area contributed by atoms with Gasteiger partial charge in [0.25, 0.3) is 0 Å². The number of amides is 1. The zero-order valence-corrected chi connectivity index (χ0v) is 14.4. The molecule has 1 amide bonds. The summed E-state index contributed by atoms with van der Waals surface area (Å²) in [5, 5.41) is 15.5. The minimum Gasteiger partial charge on any atom is -0.392 e. The summed E-state index contributed by atoms with van der Waals surface area (Å²) in [6.45, 7) is 2.46. The topological polar surface area (TPSA) is 61.4 Å². The van der Waals surface area contributed by atoms with Gasteiger partial charge >= 0.3 is 0 Å². The Bertz CT molecular complexity index is 661. The maximum absolute atomic E-state index is 12.2. The van der Waals surface area contributed by atoms with E-state index in [1.807, 2.05) is 37.3 Å². The van der Waals surface area contributed by atoms with Crippen LogP contribution in [-0.4, -0.2) is 29.7 Å². The molecule has 1 heterocycles. The molecule has 4 nitrogen and oxygen atoms in total. The highest BCUT2D eigenvalue weighted by atomic mass is 35.5. The zero-order chi connectivity index (χ0) is 16.2. The normalized spacial score (nSPS) is 20.9. The fourth-order valence-corrected chi connectivity index (χ4v) is 2.91. The van der Waals surface area contributed by atoms with E-state index in [0.29, 0.717) is 13.0 Å². The van der Waals surface area contributed by atoms with Gasteiger partial charge in [-0.05, 0) is 30.0 Å². The molecule has 128 valence electrons. The lowest BCUT2D eigenvalue weighted by Crippen LogP contribution is -2.41. The molecule has 3 rings (SSSR count). The summed E-state index contributed by atoms with van der Waals surface area (Å²) in [6, 6.07) is 18.1. The van der Waals surface area contributed by atoms with Crippen molar-refractivity contribution >= 4 is 18.3 Å². The maximum atomic E-state index is 12.2. The number of carbonyl (C=O) groups is 1.